The number of fused-ring (bicyclic) bond motifs is 1. The zero-order chi connectivity index (χ0) is 32.8. The van der Waals surface area contributed by atoms with Crippen LogP contribution in [0.1, 0.15) is 42.5 Å². The Bertz CT molecular complexity index is 1590. The van der Waals surface area contributed by atoms with Gasteiger partial charge < -0.3 is 20.7 Å². The second kappa shape index (κ2) is 14.9. The van der Waals surface area contributed by atoms with Crippen molar-refractivity contribution in [2.24, 2.45) is 11.3 Å². The van der Waals surface area contributed by atoms with Crippen LogP contribution in [0.15, 0.2) is 66.7 Å². The Morgan fingerprint density at radius 3 is 2.62 bits per heavy atom. The predicted octanol–water partition coefficient (Wildman–Crippen LogP) is 4.88. The molecule has 3 aliphatic rings. The highest BCUT2D eigenvalue weighted by molar-refractivity contribution is 7.16. The maximum atomic E-state index is 13.8. The number of nitrogens with zero attached hydrogens (tertiary/aromatic N) is 2. The van der Waals surface area contributed by atoms with Gasteiger partial charge in [-0.05, 0) is 74.8 Å². The lowest BCUT2D eigenvalue weighted by Gasteiger charge is -2.40. The monoisotopic (exact) mass is 659 g/mol. The number of amides is 3. The molecule has 3 amide bonds. The first-order valence-electron chi connectivity index (χ1n) is 16.4. The summed E-state index contributed by atoms with van der Waals surface area (Å²) in [6, 6.07) is 15.2. The third kappa shape index (κ3) is 8.14. The van der Waals surface area contributed by atoms with Crippen molar-refractivity contribution in [1.29, 1.82) is 0 Å². The summed E-state index contributed by atoms with van der Waals surface area (Å²) in [6.45, 7) is 4.48. The molecule has 2 saturated heterocycles. The molecule has 3 N–H and O–H groups in total. The van der Waals surface area contributed by atoms with Gasteiger partial charge in [-0.1, -0.05) is 42.5 Å². The minimum Gasteiger partial charge on any atom is -0.381 e. The number of carbonyl (C=O) groups excluding carboxylic acids is 3. The fourth-order valence-corrected chi connectivity index (χ4v) is 7.74. The van der Waals surface area contributed by atoms with Crippen molar-refractivity contribution in [2.75, 3.05) is 38.2 Å². The number of carbonyl (C=O) groups is 3. The molecular formula is C36H42FN5O4S. The fraction of sp³-hybridized carbons (Fsp3) is 0.444. The molecule has 11 heteroatoms. The third-order valence-electron chi connectivity index (χ3n) is 9.62. The van der Waals surface area contributed by atoms with E-state index in [1.54, 1.807) is 12.1 Å². The van der Waals surface area contributed by atoms with Gasteiger partial charge in [0.25, 0.3) is 0 Å². The first-order chi connectivity index (χ1) is 22.8. The zero-order valence-electron chi connectivity index (χ0n) is 26.7. The molecule has 47 heavy (non-hydrogen) atoms. The van der Waals surface area contributed by atoms with E-state index in [0.717, 1.165) is 28.1 Å². The lowest BCUT2D eigenvalue weighted by atomic mass is 9.75. The highest BCUT2D eigenvalue weighted by Crippen LogP contribution is 2.36. The van der Waals surface area contributed by atoms with Crippen LogP contribution in [0.3, 0.4) is 0 Å². The van der Waals surface area contributed by atoms with Gasteiger partial charge in [0.05, 0.1) is 17.7 Å². The molecule has 6 rings (SSSR count). The van der Waals surface area contributed by atoms with E-state index in [1.165, 1.54) is 23.5 Å². The molecule has 3 aliphatic heterocycles. The lowest BCUT2D eigenvalue weighted by molar-refractivity contribution is -0.140. The normalized spacial score (nSPS) is 24.3. The number of hydrogen-bond donors (Lipinski definition) is 3. The minimum absolute atomic E-state index is 0.0836. The smallest absolute Gasteiger partial charge is 0.243 e. The highest BCUT2D eigenvalue weighted by Gasteiger charge is 2.41. The first kappa shape index (κ1) is 33.0. The van der Waals surface area contributed by atoms with Crippen LogP contribution in [0.4, 0.5) is 9.52 Å². The van der Waals surface area contributed by atoms with E-state index >= 15 is 0 Å². The number of ether oxygens (including phenoxy) is 1. The van der Waals surface area contributed by atoms with Crippen LogP contribution >= 0.6 is 11.3 Å². The van der Waals surface area contributed by atoms with Gasteiger partial charge in [-0.25, -0.2) is 9.37 Å². The largest absolute Gasteiger partial charge is 0.381 e. The van der Waals surface area contributed by atoms with Crippen molar-refractivity contribution < 1.29 is 23.5 Å². The third-order valence-corrected chi connectivity index (χ3v) is 10.5. The van der Waals surface area contributed by atoms with Crippen LogP contribution < -0.4 is 16.0 Å². The second-order valence-electron chi connectivity index (χ2n) is 12.9. The van der Waals surface area contributed by atoms with E-state index in [9.17, 15) is 18.8 Å². The van der Waals surface area contributed by atoms with Crippen LogP contribution in [0.25, 0.3) is 11.3 Å². The quantitative estimate of drug-likeness (QED) is 0.326. The fourth-order valence-electron chi connectivity index (χ4n) is 6.89. The number of aromatic nitrogens is 1. The van der Waals surface area contributed by atoms with Crippen LogP contribution in [-0.4, -0.2) is 72.5 Å². The van der Waals surface area contributed by atoms with Crippen LogP contribution in [-0.2, 0) is 25.5 Å². The van der Waals surface area contributed by atoms with E-state index in [1.807, 2.05) is 37.3 Å². The molecule has 1 aromatic heterocycles. The van der Waals surface area contributed by atoms with Gasteiger partial charge in [-0.3, -0.25) is 19.3 Å². The summed E-state index contributed by atoms with van der Waals surface area (Å²) in [7, 11) is 0. The van der Waals surface area contributed by atoms with Crippen molar-refractivity contribution in [2.45, 2.75) is 57.5 Å². The van der Waals surface area contributed by atoms with E-state index in [2.05, 4.69) is 38.0 Å². The average Bonchev–Trinajstić information content (AvgIpc) is 3.43. The SMILES string of the molecule is Cc1sc(NC(=O)CN2CC[C@H]3NC(=O)[C@@H](Cc4ccccc4)NC(=O)C4(C/C=C/C[C@H]3C2)CCOCC4)nc1-c1ccc(F)cc1. The number of allylic oxidation sites excluding steroid dienone is 2. The van der Waals surface area contributed by atoms with Gasteiger partial charge in [0, 0.05) is 49.2 Å². The zero-order valence-corrected chi connectivity index (χ0v) is 27.5. The minimum atomic E-state index is -0.695. The maximum Gasteiger partial charge on any atom is 0.243 e. The molecule has 0 unspecified atom stereocenters. The molecule has 4 heterocycles. The topological polar surface area (TPSA) is 113 Å². The predicted molar refractivity (Wildman–Crippen MR) is 180 cm³/mol. The Morgan fingerprint density at radius 2 is 1.85 bits per heavy atom. The Morgan fingerprint density at radius 1 is 1.09 bits per heavy atom. The Balaban J connectivity index is 1.14. The van der Waals surface area contributed by atoms with E-state index in [4.69, 9.17) is 4.74 Å². The van der Waals surface area contributed by atoms with Gasteiger partial charge in [0.1, 0.15) is 11.9 Å². The highest BCUT2D eigenvalue weighted by atomic mass is 32.1. The second-order valence-corrected chi connectivity index (χ2v) is 14.1. The van der Waals surface area contributed by atoms with Crippen molar-refractivity contribution in [3.63, 3.8) is 0 Å². The summed E-state index contributed by atoms with van der Waals surface area (Å²) in [5.41, 5.74) is 1.91. The molecule has 0 radical (unpaired) electrons. The van der Waals surface area contributed by atoms with Gasteiger partial charge in [-0.15, -0.1) is 11.3 Å². The van der Waals surface area contributed by atoms with Gasteiger partial charge in [0.15, 0.2) is 5.13 Å². The van der Waals surface area contributed by atoms with Crippen molar-refractivity contribution in [3.8, 4) is 11.3 Å². The lowest BCUT2D eigenvalue weighted by Crippen LogP contribution is -2.58. The summed E-state index contributed by atoms with van der Waals surface area (Å²) in [5, 5.41) is 9.89. The van der Waals surface area contributed by atoms with Crippen molar-refractivity contribution >= 4 is 34.2 Å². The molecule has 2 aromatic carbocycles. The van der Waals surface area contributed by atoms with E-state index in [0.29, 0.717) is 63.5 Å². The Labute approximate surface area is 279 Å². The molecular weight excluding hydrogens is 617 g/mol. The summed E-state index contributed by atoms with van der Waals surface area (Å²) < 4.78 is 19.0. The summed E-state index contributed by atoms with van der Waals surface area (Å²) in [5.74, 6) is -0.617. The molecule has 2 fully saturated rings. The average molecular weight is 660 g/mol. The van der Waals surface area contributed by atoms with E-state index < -0.39 is 11.5 Å². The maximum absolute atomic E-state index is 13.8. The molecule has 248 valence electrons. The molecule has 0 aliphatic carbocycles. The first-order valence-corrected chi connectivity index (χ1v) is 17.2. The van der Waals surface area contributed by atoms with Crippen molar-refractivity contribution in [3.05, 3.63) is 83.0 Å². The number of benzene rings is 2. The molecule has 0 saturated carbocycles. The number of nitrogens with one attached hydrogen (secondary N) is 3. The standard InChI is InChI=1S/C36H42FN5O4S/c1-24-32(26-10-12-28(37)13-11-26)41-35(47-24)40-31(43)23-42-18-14-29-27(22-42)9-5-6-15-36(16-19-46-20-17-36)34(45)39-30(33(44)38-29)21-25-7-3-2-4-8-25/h2-8,10-13,27,29-30H,9,14-23H2,1H3,(H,38,44)(H,39,45)(H,40,41,43)/b6-5+/t27-,29+,30+/m0/s1. The van der Waals surface area contributed by atoms with Gasteiger partial charge in [0.2, 0.25) is 17.7 Å². The number of piperidine rings is 1. The number of halogens is 1. The number of hydrogen-bond acceptors (Lipinski definition) is 7. The Hall–Kier alpha value is -3.93. The van der Waals surface area contributed by atoms with Crippen LogP contribution in [0.2, 0.25) is 0 Å². The Kier molecular flexibility index (Phi) is 10.4. The number of rotatable bonds is 6. The number of thiazole rings is 1. The van der Waals surface area contributed by atoms with Crippen LogP contribution in [0, 0.1) is 24.1 Å². The van der Waals surface area contributed by atoms with Gasteiger partial charge >= 0.3 is 0 Å². The number of likely N-dealkylation sites (tertiary alicyclic amines) is 1. The number of anilines is 1. The molecule has 1 spiro atoms. The molecule has 3 atom stereocenters. The summed E-state index contributed by atoms with van der Waals surface area (Å²) >= 11 is 1.40. The van der Waals surface area contributed by atoms with E-state index in [-0.39, 0.29) is 42.0 Å². The molecule has 3 aromatic rings. The molecule has 9 nitrogen and oxygen atoms in total. The number of aryl methyl sites for hydroxylation is 1. The van der Waals surface area contributed by atoms with Gasteiger partial charge in [-0.2, -0.15) is 0 Å². The molecule has 0 bridgehead atoms. The summed E-state index contributed by atoms with van der Waals surface area (Å²) in [4.78, 5) is 48.4. The van der Waals surface area contributed by atoms with Crippen molar-refractivity contribution in [1.82, 2.24) is 20.5 Å². The summed E-state index contributed by atoms with van der Waals surface area (Å²) in [6.07, 6.45) is 7.90. The van der Waals surface area contributed by atoms with Crippen LogP contribution in [0.5, 0.6) is 0 Å².